The Morgan fingerprint density at radius 2 is 1.68 bits per heavy atom. The zero-order valence-corrected chi connectivity index (χ0v) is 21.6. The van der Waals surface area contributed by atoms with Gasteiger partial charge in [-0.05, 0) is 89.7 Å². The number of esters is 2. The molecule has 2 N–H and O–H groups in total. The molecule has 0 fully saturated rings. The molecule has 1 rings (SSSR count). The number of methoxy groups -OCH3 is 2. The third kappa shape index (κ3) is 8.76. The van der Waals surface area contributed by atoms with Crippen LogP contribution in [0, 0.1) is 5.92 Å². The molecule has 0 amide bonds. The number of rotatable bonds is 15. The minimum Gasteiger partial charge on any atom is -0.472 e. The summed E-state index contributed by atoms with van der Waals surface area (Å²) in [5.41, 5.74) is -0.909. The molecule has 1 aromatic heterocycles. The number of hydrogen-bond acceptors (Lipinski definition) is 7. The molecule has 192 valence electrons. The van der Waals surface area contributed by atoms with E-state index < -0.39 is 23.1 Å². The van der Waals surface area contributed by atoms with Gasteiger partial charge in [-0.3, -0.25) is 0 Å². The Morgan fingerprint density at radius 3 is 2.26 bits per heavy atom. The van der Waals surface area contributed by atoms with E-state index in [4.69, 9.17) is 4.42 Å². The average Bonchev–Trinajstić information content (AvgIpc) is 3.31. The number of furan rings is 1. The molecule has 0 aliphatic rings. The number of carbonyl (C=O) groups excluding carboxylic acids is 2. The summed E-state index contributed by atoms with van der Waals surface area (Å²) in [6.45, 7) is 7.20. The first-order chi connectivity index (χ1) is 16.0. The highest BCUT2D eigenvalue weighted by atomic mass is 16.6. The smallest absolute Gasteiger partial charge is 0.341 e. The van der Waals surface area contributed by atoms with E-state index in [0.29, 0.717) is 6.42 Å². The first-order valence-corrected chi connectivity index (χ1v) is 11.9. The van der Waals surface area contributed by atoms with Gasteiger partial charge in [-0.2, -0.15) is 0 Å². The van der Waals surface area contributed by atoms with E-state index in [0.717, 1.165) is 59.7 Å². The molecule has 3 atom stereocenters. The zero-order valence-electron chi connectivity index (χ0n) is 21.6. The van der Waals surface area contributed by atoms with E-state index in [-0.39, 0.29) is 12.3 Å². The molecule has 7 nitrogen and oxygen atoms in total. The molecule has 0 saturated carbocycles. The molecular formula is C27H42O7. The fraction of sp³-hybridized carbons (Fsp3) is 0.630. The lowest BCUT2D eigenvalue weighted by atomic mass is 9.77. The third-order valence-electron chi connectivity index (χ3n) is 6.36. The van der Waals surface area contributed by atoms with Gasteiger partial charge in [0.25, 0.3) is 0 Å². The molecule has 1 unspecified atom stereocenters. The molecule has 0 aliphatic heterocycles. The second-order valence-corrected chi connectivity index (χ2v) is 9.43. The van der Waals surface area contributed by atoms with Gasteiger partial charge in [-0.25, -0.2) is 9.59 Å². The molecule has 0 saturated heterocycles. The van der Waals surface area contributed by atoms with E-state index >= 15 is 0 Å². The van der Waals surface area contributed by atoms with Crippen LogP contribution in [-0.4, -0.2) is 47.6 Å². The molecule has 1 aromatic rings. The second kappa shape index (κ2) is 14.1. The molecule has 0 radical (unpaired) electrons. The van der Waals surface area contributed by atoms with Gasteiger partial charge in [0.05, 0.1) is 26.7 Å². The third-order valence-corrected chi connectivity index (χ3v) is 6.36. The minimum atomic E-state index is -2.42. The Labute approximate surface area is 203 Å². The molecule has 0 aliphatic carbocycles. The maximum absolute atomic E-state index is 12.3. The largest absolute Gasteiger partial charge is 0.472 e. The summed E-state index contributed by atoms with van der Waals surface area (Å²) in [5, 5.41) is 21.5. The van der Waals surface area contributed by atoms with Crippen molar-refractivity contribution in [1.29, 1.82) is 0 Å². The number of aliphatic hydroxyl groups is 2. The predicted octanol–water partition coefficient (Wildman–Crippen LogP) is 4.91. The maximum atomic E-state index is 12.3. The molecule has 7 heteroatoms. The monoisotopic (exact) mass is 478 g/mol. The van der Waals surface area contributed by atoms with Crippen LogP contribution in [0.25, 0.3) is 0 Å². The summed E-state index contributed by atoms with van der Waals surface area (Å²) < 4.78 is 14.3. The van der Waals surface area contributed by atoms with Crippen molar-refractivity contribution < 1.29 is 33.7 Å². The Morgan fingerprint density at radius 1 is 1.06 bits per heavy atom. The van der Waals surface area contributed by atoms with Crippen LogP contribution in [0.2, 0.25) is 0 Å². The lowest BCUT2D eigenvalue weighted by molar-refractivity contribution is -0.210. The van der Waals surface area contributed by atoms with Crippen LogP contribution in [0.5, 0.6) is 0 Å². The number of hydrogen-bond donors (Lipinski definition) is 2. The summed E-state index contributed by atoms with van der Waals surface area (Å²) >= 11 is 0. The van der Waals surface area contributed by atoms with Gasteiger partial charge in [0.2, 0.25) is 5.60 Å². The topological polar surface area (TPSA) is 106 Å². The Hall–Kier alpha value is -2.38. The number of ether oxygens (including phenoxy) is 2. The summed E-state index contributed by atoms with van der Waals surface area (Å²) in [7, 11) is 2.19. The van der Waals surface area contributed by atoms with Crippen molar-refractivity contribution in [3.8, 4) is 0 Å². The van der Waals surface area contributed by atoms with Gasteiger partial charge in [0.15, 0.2) is 5.60 Å². The van der Waals surface area contributed by atoms with Gasteiger partial charge in [-0.15, -0.1) is 0 Å². The zero-order chi connectivity index (χ0) is 25.8. The van der Waals surface area contributed by atoms with Crippen LogP contribution in [0.15, 0.2) is 46.3 Å². The minimum absolute atomic E-state index is 0.130. The van der Waals surface area contributed by atoms with Crippen LogP contribution in [0.4, 0.5) is 0 Å². The van der Waals surface area contributed by atoms with E-state index in [1.54, 1.807) is 12.5 Å². The normalized spacial score (nSPS) is 16.9. The van der Waals surface area contributed by atoms with Crippen molar-refractivity contribution in [2.45, 2.75) is 90.3 Å². The summed E-state index contributed by atoms with van der Waals surface area (Å²) in [5.74, 6) is -2.30. The highest BCUT2D eigenvalue weighted by Gasteiger charge is 2.58. The quantitative estimate of drug-likeness (QED) is 0.272. The van der Waals surface area contributed by atoms with Crippen LogP contribution in [0.1, 0.15) is 78.2 Å². The van der Waals surface area contributed by atoms with Crippen LogP contribution in [-0.2, 0) is 25.5 Å². The number of carbonyl (C=O) groups is 2. The average molecular weight is 479 g/mol. The first-order valence-electron chi connectivity index (χ1n) is 11.9. The van der Waals surface area contributed by atoms with E-state index in [2.05, 4.69) is 35.5 Å². The highest BCUT2D eigenvalue weighted by molar-refractivity contribution is 5.92. The van der Waals surface area contributed by atoms with Gasteiger partial charge in [0, 0.05) is 0 Å². The van der Waals surface area contributed by atoms with Crippen molar-refractivity contribution in [3.05, 3.63) is 47.5 Å². The fourth-order valence-electron chi connectivity index (χ4n) is 3.99. The standard InChI is InChI=1S/C27H42O7/c1-20(10-7-11-21(2)13-9-15-23-16-17-34-19-23)12-8-14-22(3)18-27(31,25(29)33-6)26(4,30)24(28)32-5/h11-12,16-17,19,22,30-31H,7-10,13-15,18H2,1-6H3/b20-12-,21-11-/t22-,26?,27-/m1/s1. The molecule has 1 heterocycles. The predicted molar refractivity (Wildman–Crippen MR) is 131 cm³/mol. The van der Waals surface area contributed by atoms with Crippen molar-refractivity contribution >= 4 is 11.9 Å². The van der Waals surface area contributed by atoms with Crippen LogP contribution in [0.3, 0.4) is 0 Å². The molecule has 0 aromatic carbocycles. The van der Waals surface area contributed by atoms with Gasteiger partial charge in [-0.1, -0.05) is 30.2 Å². The van der Waals surface area contributed by atoms with E-state index in [1.165, 1.54) is 16.7 Å². The molecular weight excluding hydrogens is 436 g/mol. The van der Waals surface area contributed by atoms with Crippen molar-refractivity contribution in [3.63, 3.8) is 0 Å². The highest BCUT2D eigenvalue weighted by Crippen LogP contribution is 2.33. The molecule has 0 bridgehead atoms. The second-order valence-electron chi connectivity index (χ2n) is 9.43. The SMILES string of the molecule is COC(=O)C(C)(O)[C@@](O)(C[C@H](C)CC/C=C(/C)CC/C=C(/C)CCCc1ccoc1)C(=O)OC. The lowest BCUT2D eigenvalue weighted by Crippen LogP contribution is -2.63. The summed E-state index contributed by atoms with van der Waals surface area (Å²) in [6, 6.07) is 2.01. The van der Waals surface area contributed by atoms with Gasteiger partial charge in [0.1, 0.15) is 0 Å². The van der Waals surface area contributed by atoms with Crippen LogP contribution < -0.4 is 0 Å². The molecule has 0 spiro atoms. The van der Waals surface area contributed by atoms with E-state index in [1.807, 2.05) is 13.0 Å². The maximum Gasteiger partial charge on any atom is 0.341 e. The Balaban J connectivity index is 2.50. The first kappa shape index (κ1) is 29.7. The number of aryl methyl sites for hydroxylation is 1. The van der Waals surface area contributed by atoms with Crippen molar-refractivity contribution in [2.24, 2.45) is 5.92 Å². The number of allylic oxidation sites excluding steroid dienone is 4. The Kier molecular flexibility index (Phi) is 12.3. The van der Waals surface area contributed by atoms with Gasteiger partial charge >= 0.3 is 11.9 Å². The lowest BCUT2D eigenvalue weighted by Gasteiger charge is -2.37. The summed E-state index contributed by atoms with van der Waals surface area (Å²) in [6.07, 6.45) is 14.4. The molecule has 34 heavy (non-hydrogen) atoms. The van der Waals surface area contributed by atoms with Gasteiger partial charge < -0.3 is 24.1 Å². The fourth-order valence-corrected chi connectivity index (χ4v) is 3.99. The van der Waals surface area contributed by atoms with Crippen molar-refractivity contribution in [1.82, 2.24) is 0 Å². The Bertz CT molecular complexity index is 820. The van der Waals surface area contributed by atoms with Crippen molar-refractivity contribution in [2.75, 3.05) is 14.2 Å². The van der Waals surface area contributed by atoms with E-state index in [9.17, 15) is 19.8 Å². The van der Waals surface area contributed by atoms with Crippen LogP contribution >= 0.6 is 0 Å². The summed E-state index contributed by atoms with van der Waals surface area (Å²) in [4.78, 5) is 24.2.